The topological polar surface area (TPSA) is 84.4 Å². The highest BCUT2D eigenvalue weighted by Gasteiger charge is 2.40. The number of rotatable bonds is 8. The van der Waals surface area contributed by atoms with Crippen LogP contribution in [0.1, 0.15) is 11.1 Å². The van der Waals surface area contributed by atoms with E-state index in [2.05, 4.69) is 24.6 Å². The molecule has 4 rings (SSSR count). The van der Waals surface area contributed by atoms with Gasteiger partial charge in [-0.1, -0.05) is 19.6 Å². The summed E-state index contributed by atoms with van der Waals surface area (Å²) in [5, 5.41) is 0. The Balaban J connectivity index is 1.66. The number of benzene rings is 1. The van der Waals surface area contributed by atoms with E-state index in [4.69, 9.17) is 14.2 Å². The number of hydrogen-bond acceptors (Lipinski definition) is 6. The van der Waals surface area contributed by atoms with Crippen LogP contribution < -0.4 is 24.2 Å². The molecule has 1 aromatic carbocycles. The maximum atomic E-state index is 15.1. The van der Waals surface area contributed by atoms with Crippen molar-refractivity contribution in [2.75, 3.05) is 49.3 Å². The second kappa shape index (κ2) is 9.66. The fourth-order valence-corrected chi connectivity index (χ4v) is 5.09. The summed E-state index contributed by atoms with van der Waals surface area (Å²) >= 11 is 0. The van der Waals surface area contributed by atoms with Crippen molar-refractivity contribution in [3.63, 3.8) is 0 Å². The van der Waals surface area contributed by atoms with Crippen molar-refractivity contribution in [1.82, 2.24) is 4.98 Å². The van der Waals surface area contributed by atoms with Gasteiger partial charge in [-0.3, -0.25) is 19.5 Å². The normalized spacial score (nSPS) is 15.4. The van der Waals surface area contributed by atoms with Crippen LogP contribution in [0.4, 0.5) is 30.8 Å². The number of halogens is 2. The third-order valence-corrected chi connectivity index (χ3v) is 8.01. The summed E-state index contributed by atoms with van der Waals surface area (Å²) in [7, 11) is 2.70. The van der Waals surface area contributed by atoms with Gasteiger partial charge in [0.05, 0.1) is 32.9 Å². The van der Waals surface area contributed by atoms with Gasteiger partial charge in [-0.15, -0.1) is 0 Å². The van der Waals surface area contributed by atoms with Crippen molar-refractivity contribution in [1.29, 1.82) is 0 Å². The summed E-state index contributed by atoms with van der Waals surface area (Å²) in [4.78, 5) is 34.3. The molecule has 0 atom stereocenters. The van der Waals surface area contributed by atoms with Crippen LogP contribution >= 0.6 is 0 Å². The van der Waals surface area contributed by atoms with Crippen LogP contribution in [-0.2, 0) is 22.5 Å². The monoisotopic (exact) mass is 520 g/mol. The molecular formula is C24H30F2N4O5Si. The van der Waals surface area contributed by atoms with Crippen molar-refractivity contribution in [2.24, 2.45) is 0 Å². The number of pyridine rings is 1. The molecule has 0 spiro atoms. The lowest BCUT2D eigenvalue weighted by Crippen LogP contribution is -2.46. The number of fused-ring (bicyclic) bond motifs is 3. The Hall–Kier alpha value is -3.25. The first-order chi connectivity index (χ1) is 17.0. The molecule has 0 radical (unpaired) electrons. The van der Waals surface area contributed by atoms with E-state index in [0.29, 0.717) is 29.2 Å². The van der Waals surface area contributed by atoms with Gasteiger partial charge < -0.3 is 14.2 Å². The van der Waals surface area contributed by atoms with Gasteiger partial charge in [0.2, 0.25) is 5.91 Å². The Kier molecular flexibility index (Phi) is 6.93. The molecule has 12 heteroatoms. The van der Waals surface area contributed by atoms with Crippen LogP contribution in [0, 0.1) is 11.6 Å². The molecule has 0 bridgehead atoms. The van der Waals surface area contributed by atoms with E-state index in [-0.39, 0.29) is 37.1 Å². The Bertz CT molecular complexity index is 1190. The minimum atomic E-state index is -1.28. The third-order valence-electron chi connectivity index (χ3n) is 6.31. The van der Waals surface area contributed by atoms with Gasteiger partial charge in [0, 0.05) is 45.1 Å². The molecule has 2 aliphatic rings. The van der Waals surface area contributed by atoms with Crippen molar-refractivity contribution < 1.29 is 32.6 Å². The standard InChI is InChI=1S/C24H30F2N4O5Si/c1-28-21-14(11-27-23-15(21)9-18(31)30(23)13-35-7-8-36(4,5)6)12-29(24(28)32)22-19(25)16(33-2)10-17(34-3)20(22)26/h10-11H,7-9,12-13H2,1-6H3. The highest BCUT2D eigenvalue weighted by atomic mass is 28.3. The molecule has 0 N–H and O–H groups in total. The molecule has 0 saturated carbocycles. The Morgan fingerprint density at radius 2 is 1.69 bits per heavy atom. The molecule has 0 unspecified atom stereocenters. The van der Waals surface area contributed by atoms with E-state index in [9.17, 15) is 9.59 Å². The summed E-state index contributed by atoms with van der Waals surface area (Å²) in [6.07, 6.45) is 1.57. The van der Waals surface area contributed by atoms with Crippen molar-refractivity contribution >= 4 is 37.2 Å². The Morgan fingerprint density at radius 3 is 2.28 bits per heavy atom. The lowest BCUT2D eigenvalue weighted by Gasteiger charge is -2.36. The summed E-state index contributed by atoms with van der Waals surface area (Å²) in [5.74, 6) is -2.31. The van der Waals surface area contributed by atoms with Crippen LogP contribution in [0.3, 0.4) is 0 Å². The second-order valence-electron chi connectivity index (χ2n) is 9.97. The Morgan fingerprint density at radius 1 is 1.06 bits per heavy atom. The molecule has 0 saturated heterocycles. The third kappa shape index (κ3) is 4.50. The summed E-state index contributed by atoms with van der Waals surface area (Å²) < 4.78 is 46.1. The zero-order chi connectivity index (χ0) is 26.4. The number of nitrogens with zero attached hydrogens (tertiary/aromatic N) is 4. The van der Waals surface area contributed by atoms with Gasteiger partial charge in [-0.2, -0.15) is 0 Å². The van der Waals surface area contributed by atoms with Crippen molar-refractivity contribution in [2.45, 2.75) is 38.7 Å². The molecule has 2 aromatic rings. The minimum Gasteiger partial charge on any atom is -0.493 e. The van der Waals surface area contributed by atoms with Gasteiger partial charge in [-0.25, -0.2) is 18.6 Å². The van der Waals surface area contributed by atoms with E-state index in [0.717, 1.165) is 17.0 Å². The van der Waals surface area contributed by atoms with Gasteiger partial charge in [0.15, 0.2) is 23.1 Å². The smallest absolute Gasteiger partial charge is 0.329 e. The lowest BCUT2D eigenvalue weighted by atomic mass is 10.0. The molecule has 36 heavy (non-hydrogen) atoms. The molecule has 9 nitrogen and oxygen atoms in total. The average molecular weight is 521 g/mol. The first kappa shape index (κ1) is 25.8. The summed E-state index contributed by atoms with van der Waals surface area (Å²) in [6.45, 7) is 7.21. The molecule has 0 aliphatic carbocycles. The van der Waals surface area contributed by atoms with Gasteiger partial charge in [0.1, 0.15) is 18.2 Å². The maximum Gasteiger partial charge on any atom is 0.329 e. The largest absolute Gasteiger partial charge is 0.493 e. The first-order valence-corrected chi connectivity index (χ1v) is 15.2. The second-order valence-corrected chi connectivity index (χ2v) is 15.6. The highest BCUT2D eigenvalue weighted by molar-refractivity contribution is 6.76. The number of amides is 3. The van der Waals surface area contributed by atoms with Crippen LogP contribution in [0.5, 0.6) is 11.5 Å². The average Bonchev–Trinajstić information content (AvgIpc) is 3.14. The number of methoxy groups -OCH3 is 2. The number of ether oxygens (including phenoxy) is 3. The minimum absolute atomic E-state index is 0.0518. The van der Waals surface area contributed by atoms with Gasteiger partial charge in [0.25, 0.3) is 0 Å². The van der Waals surface area contributed by atoms with Gasteiger partial charge in [-0.05, 0) is 6.04 Å². The highest BCUT2D eigenvalue weighted by Crippen LogP contribution is 2.43. The lowest BCUT2D eigenvalue weighted by molar-refractivity contribution is -0.118. The van der Waals surface area contributed by atoms with Crippen LogP contribution in [0.2, 0.25) is 25.7 Å². The fraction of sp³-hybridized carbons (Fsp3) is 0.458. The first-order valence-electron chi connectivity index (χ1n) is 11.5. The van der Waals surface area contributed by atoms with E-state index in [1.807, 2.05) is 0 Å². The van der Waals surface area contributed by atoms with E-state index < -0.39 is 31.4 Å². The summed E-state index contributed by atoms with van der Waals surface area (Å²) in [6, 6.07) is 1.39. The van der Waals surface area contributed by atoms with Crippen LogP contribution in [0.15, 0.2) is 12.3 Å². The predicted octanol–water partition coefficient (Wildman–Crippen LogP) is 4.15. The van der Waals surface area contributed by atoms with Crippen LogP contribution in [0.25, 0.3) is 0 Å². The Labute approximate surface area is 209 Å². The maximum absolute atomic E-state index is 15.1. The molecule has 194 valence electrons. The molecule has 3 amide bonds. The quantitative estimate of drug-likeness (QED) is 0.384. The molecular weight excluding hydrogens is 490 g/mol. The van der Waals surface area contributed by atoms with Crippen molar-refractivity contribution in [3.05, 3.63) is 35.0 Å². The zero-order valence-corrected chi connectivity index (χ0v) is 22.3. The molecule has 1 aromatic heterocycles. The number of carbonyl (C=O) groups is 2. The fourth-order valence-electron chi connectivity index (χ4n) is 4.34. The number of aromatic nitrogens is 1. The summed E-state index contributed by atoms with van der Waals surface area (Å²) in [5.41, 5.74) is 1.06. The number of carbonyl (C=O) groups excluding carboxylic acids is 2. The zero-order valence-electron chi connectivity index (χ0n) is 21.3. The van der Waals surface area contributed by atoms with E-state index in [1.165, 1.54) is 37.3 Å². The number of hydrogen-bond donors (Lipinski definition) is 0. The van der Waals surface area contributed by atoms with E-state index >= 15 is 8.78 Å². The number of anilines is 3. The molecule has 3 heterocycles. The predicted molar refractivity (Wildman–Crippen MR) is 134 cm³/mol. The van der Waals surface area contributed by atoms with Crippen LogP contribution in [-0.4, -0.2) is 59.6 Å². The van der Waals surface area contributed by atoms with Gasteiger partial charge >= 0.3 is 6.03 Å². The van der Waals surface area contributed by atoms with E-state index in [1.54, 1.807) is 0 Å². The number of urea groups is 1. The molecule has 0 fully saturated rings. The molecule has 2 aliphatic heterocycles. The van der Waals surface area contributed by atoms with Crippen molar-refractivity contribution in [3.8, 4) is 11.5 Å². The SMILES string of the molecule is COc1cc(OC)c(F)c(N2Cc3cnc4c(c3N(C)C2=O)CC(=O)N4COCC[Si](C)(C)C)c1F.